The summed E-state index contributed by atoms with van der Waals surface area (Å²) in [6.45, 7) is 9.60. The van der Waals surface area contributed by atoms with Crippen molar-refractivity contribution in [2.24, 2.45) is 5.41 Å². The third kappa shape index (κ3) is 3.92. The fourth-order valence-corrected chi connectivity index (χ4v) is 0.928. The standard InChI is InChI=1S/C11H18N2/c1-9-5-6-10(12-7-9)13-8-11(2,3)4/h5-7H,8H2,1-4H3,(H,12,13). The van der Waals surface area contributed by atoms with Gasteiger partial charge in [0, 0.05) is 12.7 Å². The van der Waals surface area contributed by atoms with Crippen LogP contribution in [0, 0.1) is 12.3 Å². The monoisotopic (exact) mass is 178 g/mol. The zero-order valence-electron chi connectivity index (χ0n) is 8.89. The van der Waals surface area contributed by atoms with Crippen LogP contribution in [0.3, 0.4) is 0 Å². The Labute approximate surface area is 80.4 Å². The van der Waals surface area contributed by atoms with Crippen molar-refractivity contribution in [3.8, 4) is 0 Å². The Balaban J connectivity index is 2.51. The summed E-state index contributed by atoms with van der Waals surface area (Å²) in [4.78, 5) is 4.27. The van der Waals surface area contributed by atoms with Gasteiger partial charge in [-0.2, -0.15) is 0 Å². The minimum atomic E-state index is 0.298. The van der Waals surface area contributed by atoms with Gasteiger partial charge in [0.2, 0.25) is 0 Å². The van der Waals surface area contributed by atoms with Crippen molar-refractivity contribution in [2.75, 3.05) is 11.9 Å². The minimum absolute atomic E-state index is 0.298. The fraction of sp³-hybridized carbons (Fsp3) is 0.545. The van der Waals surface area contributed by atoms with Crippen LogP contribution < -0.4 is 5.32 Å². The summed E-state index contributed by atoms with van der Waals surface area (Å²) in [6, 6.07) is 4.08. The summed E-state index contributed by atoms with van der Waals surface area (Å²) in [5.41, 5.74) is 1.49. The molecule has 0 aliphatic carbocycles. The first kappa shape index (κ1) is 10.0. The highest BCUT2D eigenvalue weighted by Crippen LogP contribution is 2.13. The molecule has 0 radical (unpaired) electrons. The van der Waals surface area contributed by atoms with Crippen LogP contribution in [0.15, 0.2) is 18.3 Å². The summed E-state index contributed by atoms with van der Waals surface area (Å²) in [5, 5.41) is 3.30. The number of aryl methyl sites for hydroxylation is 1. The molecule has 0 saturated heterocycles. The molecule has 2 nitrogen and oxygen atoms in total. The van der Waals surface area contributed by atoms with E-state index in [1.165, 1.54) is 5.56 Å². The lowest BCUT2D eigenvalue weighted by Crippen LogP contribution is -2.19. The number of pyridine rings is 1. The number of nitrogens with zero attached hydrogens (tertiary/aromatic N) is 1. The normalized spacial score (nSPS) is 11.4. The average molecular weight is 178 g/mol. The second-order valence-corrected chi connectivity index (χ2v) is 4.64. The summed E-state index contributed by atoms with van der Waals surface area (Å²) in [6.07, 6.45) is 1.88. The summed E-state index contributed by atoms with van der Waals surface area (Å²) < 4.78 is 0. The van der Waals surface area contributed by atoms with E-state index in [1.807, 2.05) is 19.2 Å². The van der Waals surface area contributed by atoms with Gasteiger partial charge >= 0.3 is 0 Å². The Morgan fingerprint density at radius 2 is 2.00 bits per heavy atom. The number of anilines is 1. The molecule has 0 amide bonds. The molecule has 1 aromatic rings. The second-order valence-electron chi connectivity index (χ2n) is 4.64. The van der Waals surface area contributed by atoms with Crippen molar-refractivity contribution < 1.29 is 0 Å². The van der Waals surface area contributed by atoms with Crippen molar-refractivity contribution >= 4 is 5.82 Å². The average Bonchev–Trinajstić information content (AvgIpc) is 2.02. The molecule has 0 unspecified atom stereocenters. The quantitative estimate of drug-likeness (QED) is 0.753. The molecule has 0 atom stereocenters. The third-order valence-corrected chi connectivity index (χ3v) is 1.71. The minimum Gasteiger partial charge on any atom is -0.370 e. The molecular weight excluding hydrogens is 160 g/mol. The maximum atomic E-state index is 4.27. The van der Waals surface area contributed by atoms with Gasteiger partial charge in [0.05, 0.1) is 0 Å². The molecule has 1 N–H and O–H groups in total. The Kier molecular flexibility index (Phi) is 2.91. The lowest BCUT2D eigenvalue weighted by Gasteiger charge is -2.18. The number of hydrogen-bond acceptors (Lipinski definition) is 2. The molecule has 13 heavy (non-hydrogen) atoms. The van der Waals surface area contributed by atoms with E-state index in [4.69, 9.17) is 0 Å². The molecule has 0 aliphatic rings. The Bertz CT molecular complexity index is 256. The molecule has 1 aromatic heterocycles. The summed E-state index contributed by atoms with van der Waals surface area (Å²) in [5.74, 6) is 0.959. The lowest BCUT2D eigenvalue weighted by molar-refractivity contribution is 0.442. The van der Waals surface area contributed by atoms with Crippen LogP contribution in [0.25, 0.3) is 0 Å². The largest absolute Gasteiger partial charge is 0.370 e. The van der Waals surface area contributed by atoms with Gasteiger partial charge in [-0.05, 0) is 24.0 Å². The number of nitrogens with one attached hydrogen (secondary N) is 1. The van der Waals surface area contributed by atoms with E-state index in [2.05, 4.69) is 37.1 Å². The van der Waals surface area contributed by atoms with Crippen LogP contribution >= 0.6 is 0 Å². The van der Waals surface area contributed by atoms with E-state index in [-0.39, 0.29) is 0 Å². The molecule has 0 aromatic carbocycles. The highest BCUT2D eigenvalue weighted by molar-refractivity contribution is 5.35. The molecule has 0 saturated carbocycles. The Morgan fingerprint density at radius 1 is 1.31 bits per heavy atom. The van der Waals surface area contributed by atoms with Gasteiger partial charge in [-0.25, -0.2) is 4.98 Å². The number of rotatable bonds is 2. The molecular formula is C11H18N2. The molecule has 0 bridgehead atoms. The van der Waals surface area contributed by atoms with E-state index in [1.54, 1.807) is 0 Å². The Hall–Kier alpha value is -1.05. The van der Waals surface area contributed by atoms with E-state index < -0.39 is 0 Å². The van der Waals surface area contributed by atoms with Crippen LogP contribution in [0.2, 0.25) is 0 Å². The van der Waals surface area contributed by atoms with Gasteiger partial charge in [-0.1, -0.05) is 26.8 Å². The third-order valence-electron chi connectivity index (χ3n) is 1.71. The Morgan fingerprint density at radius 3 is 2.46 bits per heavy atom. The van der Waals surface area contributed by atoms with E-state index in [9.17, 15) is 0 Å². The predicted molar refractivity (Wildman–Crippen MR) is 56.9 cm³/mol. The predicted octanol–water partition coefficient (Wildman–Crippen LogP) is 2.85. The lowest BCUT2D eigenvalue weighted by atomic mass is 9.97. The first-order valence-corrected chi connectivity index (χ1v) is 4.64. The van der Waals surface area contributed by atoms with Crippen LogP contribution in [-0.4, -0.2) is 11.5 Å². The molecule has 0 aliphatic heterocycles. The van der Waals surface area contributed by atoms with Crippen molar-refractivity contribution in [1.29, 1.82) is 0 Å². The maximum Gasteiger partial charge on any atom is 0.125 e. The van der Waals surface area contributed by atoms with Gasteiger partial charge in [0.15, 0.2) is 0 Å². The van der Waals surface area contributed by atoms with Crippen LogP contribution in [0.4, 0.5) is 5.82 Å². The zero-order valence-corrected chi connectivity index (χ0v) is 8.89. The molecule has 72 valence electrons. The van der Waals surface area contributed by atoms with Gasteiger partial charge < -0.3 is 5.32 Å². The van der Waals surface area contributed by atoms with Crippen molar-refractivity contribution in [1.82, 2.24) is 4.98 Å². The van der Waals surface area contributed by atoms with E-state index in [0.29, 0.717) is 5.41 Å². The van der Waals surface area contributed by atoms with Crippen LogP contribution in [-0.2, 0) is 0 Å². The zero-order chi connectivity index (χ0) is 9.90. The number of aromatic nitrogens is 1. The summed E-state index contributed by atoms with van der Waals surface area (Å²) in [7, 11) is 0. The summed E-state index contributed by atoms with van der Waals surface area (Å²) >= 11 is 0. The van der Waals surface area contributed by atoms with Crippen molar-refractivity contribution in [3.05, 3.63) is 23.9 Å². The van der Waals surface area contributed by atoms with Gasteiger partial charge in [0.25, 0.3) is 0 Å². The first-order chi connectivity index (χ1) is 5.97. The van der Waals surface area contributed by atoms with Crippen molar-refractivity contribution in [2.45, 2.75) is 27.7 Å². The van der Waals surface area contributed by atoms with Crippen LogP contribution in [0.1, 0.15) is 26.3 Å². The number of hydrogen-bond donors (Lipinski definition) is 1. The molecule has 0 fully saturated rings. The molecule has 1 heterocycles. The molecule has 1 rings (SSSR count). The topological polar surface area (TPSA) is 24.9 Å². The second kappa shape index (κ2) is 3.77. The highest BCUT2D eigenvalue weighted by atomic mass is 15.0. The van der Waals surface area contributed by atoms with E-state index >= 15 is 0 Å². The van der Waals surface area contributed by atoms with Crippen molar-refractivity contribution in [3.63, 3.8) is 0 Å². The fourth-order valence-electron chi connectivity index (χ4n) is 0.928. The highest BCUT2D eigenvalue weighted by Gasteiger charge is 2.09. The van der Waals surface area contributed by atoms with Gasteiger partial charge in [0.1, 0.15) is 5.82 Å². The first-order valence-electron chi connectivity index (χ1n) is 4.64. The van der Waals surface area contributed by atoms with Gasteiger partial charge in [-0.15, -0.1) is 0 Å². The van der Waals surface area contributed by atoms with Gasteiger partial charge in [-0.3, -0.25) is 0 Å². The maximum absolute atomic E-state index is 4.27. The van der Waals surface area contributed by atoms with Crippen LogP contribution in [0.5, 0.6) is 0 Å². The van der Waals surface area contributed by atoms with E-state index in [0.717, 1.165) is 12.4 Å². The molecule has 0 spiro atoms. The SMILES string of the molecule is Cc1ccc(NCC(C)(C)C)nc1. The smallest absolute Gasteiger partial charge is 0.125 e. The molecule has 2 heteroatoms.